The molecule has 1 aliphatic carbocycles. The Morgan fingerprint density at radius 3 is 2.72 bits per heavy atom. The standard InChI is InChI=1S/C14H16O4/c1-14(8-10(14)13(15)16)9-3-4-11-12(7-9)18-6-2-5-17-11/h3-4,7,10H,2,5-6,8H2,1H3,(H,15,16). The number of benzene rings is 1. The lowest BCUT2D eigenvalue weighted by Crippen LogP contribution is -2.11. The lowest BCUT2D eigenvalue weighted by atomic mass is 9.95. The van der Waals surface area contributed by atoms with Crippen LogP contribution < -0.4 is 9.47 Å². The Labute approximate surface area is 106 Å². The van der Waals surface area contributed by atoms with Gasteiger partial charge in [0.2, 0.25) is 0 Å². The van der Waals surface area contributed by atoms with Crippen molar-refractivity contribution >= 4 is 5.97 Å². The number of carboxylic acid groups (broad SMARTS) is 1. The van der Waals surface area contributed by atoms with Crippen molar-refractivity contribution < 1.29 is 19.4 Å². The van der Waals surface area contributed by atoms with E-state index in [0.29, 0.717) is 19.6 Å². The number of carbonyl (C=O) groups is 1. The summed E-state index contributed by atoms with van der Waals surface area (Å²) in [6, 6.07) is 5.78. The molecule has 1 aromatic rings. The molecular weight excluding hydrogens is 232 g/mol. The van der Waals surface area contributed by atoms with Crippen LogP contribution in [-0.2, 0) is 10.2 Å². The highest BCUT2D eigenvalue weighted by atomic mass is 16.5. The topological polar surface area (TPSA) is 55.8 Å². The molecular formula is C14H16O4. The fourth-order valence-corrected chi connectivity index (χ4v) is 2.56. The highest BCUT2D eigenvalue weighted by molar-refractivity contribution is 5.77. The van der Waals surface area contributed by atoms with Crippen molar-refractivity contribution in [3.63, 3.8) is 0 Å². The molecule has 3 rings (SSSR count). The first kappa shape index (κ1) is 11.4. The Hall–Kier alpha value is -1.71. The van der Waals surface area contributed by atoms with Gasteiger partial charge in [-0.25, -0.2) is 0 Å². The number of carboxylic acids is 1. The SMILES string of the molecule is CC1(c2ccc3c(c2)OCCCO3)CC1C(=O)O. The second kappa shape index (κ2) is 3.90. The maximum atomic E-state index is 11.0. The molecule has 96 valence electrons. The molecule has 0 bridgehead atoms. The van der Waals surface area contributed by atoms with E-state index in [2.05, 4.69) is 0 Å². The lowest BCUT2D eigenvalue weighted by molar-refractivity contribution is -0.138. The highest BCUT2D eigenvalue weighted by Crippen LogP contribution is 2.55. The van der Waals surface area contributed by atoms with Gasteiger partial charge in [0.25, 0.3) is 0 Å². The molecule has 1 fully saturated rings. The van der Waals surface area contributed by atoms with Gasteiger partial charge in [0.1, 0.15) is 0 Å². The van der Waals surface area contributed by atoms with Gasteiger partial charge in [0.05, 0.1) is 19.1 Å². The number of rotatable bonds is 2. The van der Waals surface area contributed by atoms with E-state index in [0.717, 1.165) is 23.5 Å². The summed E-state index contributed by atoms with van der Waals surface area (Å²) >= 11 is 0. The lowest BCUT2D eigenvalue weighted by Gasteiger charge is -2.14. The van der Waals surface area contributed by atoms with Gasteiger partial charge in [0.15, 0.2) is 11.5 Å². The number of fused-ring (bicyclic) bond motifs is 1. The molecule has 1 aromatic carbocycles. The zero-order chi connectivity index (χ0) is 12.8. The van der Waals surface area contributed by atoms with Gasteiger partial charge in [-0.05, 0) is 24.1 Å². The van der Waals surface area contributed by atoms with Crippen LogP contribution in [0.15, 0.2) is 18.2 Å². The van der Waals surface area contributed by atoms with E-state index >= 15 is 0 Å². The zero-order valence-corrected chi connectivity index (χ0v) is 10.3. The number of hydrogen-bond donors (Lipinski definition) is 1. The van der Waals surface area contributed by atoms with E-state index in [9.17, 15) is 4.79 Å². The molecule has 0 saturated heterocycles. The molecule has 4 nitrogen and oxygen atoms in total. The molecule has 2 aliphatic rings. The van der Waals surface area contributed by atoms with Gasteiger partial charge < -0.3 is 14.6 Å². The van der Waals surface area contributed by atoms with Crippen molar-refractivity contribution in [3.05, 3.63) is 23.8 Å². The van der Waals surface area contributed by atoms with E-state index in [1.807, 2.05) is 25.1 Å². The van der Waals surface area contributed by atoms with Crippen LogP contribution in [0.1, 0.15) is 25.3 Å². The fraction of sp³-hybridized carbons (Fsp3) is 0.500. The summed E-state index contributed by atoms with van der Waals surface area (Å²) in [4.78, 5) is 11.0. The number of ether oxygens (including phenoxy) is 2. The van der Waals surface area contributed by atoms with Crippen LogP contribution in [0, 0.1) is 5.92 Å². The minimum atomic E-state index is -0.718. The van der Waals surface area contributed by atoms with Crippen molar-refractivity contribution in [1.82, 2.24) is 0 Å². The van der Waals surface area contributed by atoms with Crippen LogP contribution in [0.25, 0.3) is 0 Å². The normalized spacial score (nSPS) is 29.5. The van der Waals surface area contributed by atoms with Gasteiger partial charge in [0, 0.05) is 11.8 Å². The second-order valence-corrected chi connectivity index (χ2v) is 5.22. The van der Waals surface area contributed by atoms with Crippen molar-refractivity contribution in [2.45, 2.75) is 25.2 Å². The minimum absolute atomic E-state index is 0.253. The maximum absolute atomic E-state index is 11.0. The largest absolute Gasteiger partial charge is 0.490 e. The van der Waals surface area contributed by atoms with Crippen LogP contribution in [0.5, 0.6) is 11.5 Å². The van der Waals surface area contributed by atoms with Crippen LogP contribution >= 0.6 is 0 Å². The molecule has 1 N–H and O–H groups in total. The Morgan fingerprint density at radius 1 is 1.33 bits per heavy atom. The molecule has 4 heteroatoms. The van der Waals surface area contributed by atoms with E-state index in [-0.39, 0.29) is 11.3 Å². The average Bonchev–Trinajstić information content (AvgIpc) is 3.07. The summed E-state index contributed by atoms with van der Waals surface area (Å²) in [5, 5.41) is 9.08. The van der Waals surface area contributed by atoms with E-state index < -0.39 is 5.97 Å². The number of hydrogen-bond acceptors (Lipinski definition) is 3. The zero-order valence-electron chi connectivity index (χ0n) is 10.3. The van der Waals surface area contributed by atoms with Crippen LogP contribution in [-0.4, -0.2) is 24.3 Å². The van der Waals surface area contributed by atoms with Gasteiger partial charge >= 0.3 is 5.97 Å². The molecule has 0 radical (unpaired) electrons. The molecule has 2 atom stereocenters. The smallest absolute Gasteiger partial charge is 0.307 e. The van der Waals surface area contributed by atoms with Crippen LogP contribution in [0.3, 0.4) is 0 Å². The Bertz CT molecular complexity index is 497. The third-order valence-electron chi connectivity index (χ3n) is 3.94. The second-order valence-electron chi connectivity index (χ2n) is 5.22. The molecule has 18 heavy (non-hydrogen) atoms. The van der Waals surface area contributed by atoms with Gasteiger partial charge in [-0.1, -0.05) is 13.0 Å². The van der Waals surface area contributed by atoms with Gasteiger partial charge in [-0.15, -0.1) is 0 Å². The monoisotopic (exact) mass is 248 g/mol. The maximum Gasteiger partial charge on any atom is 0.307 e. The molecule has 2 unspecified atom stereocenters. The Morgan fingerprint density at radius 2 is 2.06 bits per heavy atom. The quantitative estimate of drug-likeness (QED) is 0.871. The van der Waals surface area contributed by atoms with Crippen LogP contribution in [0.4, 0.5) is 0 Å². The summed E-state index contributed by atoms with van der Waals surface area (Å²) in [5.74, 6) is 0.501. The predicted molar refractivity (Wildman–Crippen MR) is 65.1 cm³/mol. The van der Waals surface area contributed by atoms with Gasteiger partial charge in [-0.2, -0.15) is 0 Å². The van der Waals surface area contributed by atoms with Crippen molar-refractivity contribution in [1.29, 1.82) is 0 Å². The summed E-state index contributed by atoms with van der Waals surface area (Å²) < 4.78 is 11.2. The summed E-state index contributed by atoms with van der Waals surface area (Å²) in [5.41, 5.74) is 0.774. The van der Waals surface area contributed by atoms with Crippen molar-refractivity contribution in [2.75, 3.05) is 13.2 Å². The number of aliphatic carboxylic acids is 1. The first-order valence-electron chi connectivity index (χ1n) is 6.24. The molecule has 1 heterocycles. The molecule has 0 spiro atoms. The molecule has 0 aromatic heterocycles. The summed E-state index contributed by atoms with van der Waals surface area (Å²) in [7, 11) is 0. The first-order chi connectivity index (χ1) is 8.61. The van der Waals surface area contributed by atoms with Crippen molar-refractivity contribution in [3.8, 4) is 11.5 Å². The van der Waals surface area contributed by atoms with E-state index in [4.69, 9.17) is 14.6 Å². The predicted octanol–water partition coefficient (Wildman–Crippen LogP) is 2.21. The van der Waals surface area contributed by atoms with E-state index in [1.54, 1.807) is 0 Å². The fourth-order valence-electron chi connectivity index (χ4n) is 2.56. The Balaban J connectivity index is 1.91. The van der Waals surface area contributed by atoms with E-state index in [1.165, 1.54) is 0 Å². The molecule has 1 saturated carbocycles. The van der Waals surface area contributed by atoms with Crippen molar-refractivity contribution in [2.24, 2.45) is 5.92 Å². The van der Waals surface area contributed by atoms with Crippen LogP contribution in [0.2, 0.25) is 0 Å². The third-order valence-corrected chi connectivity index (χ3v) is 3.94. The minimum Gasteiger partial charge on any atom is -0.490 e. The van der Waals surface area contributed by atoms with Gasteiger partial charge in [-0.3, -0.25) is 4.79 Å². The first-order valence-corrected chi connectivity index (χ1v) is 6.24. The third kappa shape index (κ3) is 1.72. The Kier molecular flexibility index (Phi) is 2.47. The molecule has 0 amide bonds. The molecule has 1 aliphatic heterocycles. The highest BCUT2D eigenvalue weighted by Gasteiger charge is 2.56. The summed E-state index contributed by atoms with van der Waals surface area (Å²) in [6.07, 6.45) is 1.57. The average molecular weight is 248 g/mol. The summed E-state index contributed by atoms with van der Waals surface area (Å²) in [6.45, 7) is 3.31.